The largest absolute Gasteiger partial charge is 0.504 e. The summed E-state index contributed by atoms with van der Waals surface area (Å²) in [5.74, 6) is 2.15. The van der Waals surface area contributed by atoms with Crippen molar-refractivity contribution in [1.82, 2.24) is 0 Å². The van der Waals surface area contributed by atoms with Gasteiger partial charge in [-0.15, -0.1) is 47.3 Å². The Labute approximate surface area is 322 Å². The second-order valence-corrected chi connectivity index (χ2v) is 14.3. The molecule has 4 aliphatic heterocycles. The summed E-state index contributed by atoms with van der Waals surface area (Å²) in [6.45, 7) is 6.65. The van der Waals surface area contributed by atoms with Gasteiger partial charge in [-0.25, -0.2) is 0 Å². The van der Waals surface area contributed by atoms with Crippen molar-refractivity contribution < 1.29 is 20.1 Å². The van der Waals surface area contributed by atoms with Gasteiger partial charge in [0.05, 0.1) is 0 Å². The molecule has 5 aromatic rings. The van der Waals surface area contributed by atoms with Crippen molar-refractivity contribution in [3.8, 4) is 0 Å². The third kappa shape index (κ3) is 5.70. The number of aliphatic imine (C=N–C) groups is 1. The van der Waals surface area contributed by atoms with Gasteiger partial charge >= 0.3 is 0 Å². The van der Waals surface area contributed by atoms with Crippen molar-refractivity contribution in [2.45, 2.75) is 19.8 Å². The molecule has 1 radical (unpaired) electrons. The third-order valence-corrected chi connectivity index (χ3v) is 11.5. The Morgan fingerprint density at radius 2 is 1.19 bits per heavy atom. The maximum atomic E-state index is 4.85. The molecule has 2 fully saturated rings. The van der Waals surface area contributed by atoms with E-state index in [1.807, 2.05) is 48.5 Å². The van der Waals surface area contributed by atoms with E-state index in [4.69, 9.17) is 4.99 Å². The Hall–Kier alpha value is -4.90. The minimum Gasteiger partial charge on any atom is -0.504 e. The molecule has 8 aliphatic rings. The van der Waals surface area contributed by atoms with Crippen molar-refractivity contribution in [3.05, 3.63) is 182 Å². The zero-order valence-electron chi connectivity index (χ0n) is 29.6. The molecular weight excluding hydrogens is 815 g/mol. The second kappa shape index (κ2) is 13.9. The van der Waals surface area contributed by atoms with Gasteiger partial charge in [0.1, 0.15) is 0 Å². The van der Waals surface area contributed by atoms with Crippen LogP contribution in [0.5, 0.6) is 0 Å². The predicted octanol–water partition coefficient (Wildman–Crippen LogP) is 10.2. The summed E-state index contributed by atoms with van der Waals surface area (Å²) in [7, 11) is 4.11. The van der Waals surface area contributed by atoms with Crippen LogP contribution in [0.4, 0.5) is 34.1 Å². The number of nitrogens with zero attached hydrogens (tertiary/aromatic N) is 5. The quantitative estimate of drug-likeness (QED) is 0.169. The maximum absolute atomic E-state index is 4.85. The molecular formula is C46H40IrN5-5. The minimum absolute atomic E-state index is 0. The fourth-order valence-electron chi connectivity index (χ4n) is 8.84. The van der Waals surface area contributed by atoms with Crippen molar-refractivity contribution in [2.24, 2.45) is 28.2 Å². The zero-order chi connectivity index (χ0) is 34.5. The number of allylic oxidation sites excluding steroid dienone is 3. The van der Waals surface area contributed by atoms with Crippen LogP contribution in [0.25, 0.3) is 0 Å². The van der Waals surface area contributed by atoms with Crippen LogP contribution in [0.3, 0.4) is 0 Å². The van der Waals surface area contributed by atoms with Crippen LogP contribution < -0.4 is 19.6 Å². The summed E-state index contributed by atoms with van der Waals surface area (Å²) in [5, 5.41) is 0. The van der Waals surface area contributed by atoms with E-state index in [9.17, 15) is 0 Å². The minimum atomic E-state index is 0. The fourth-order valence-corrected chi connectivity index (χ4v) is 8.84. The van der Waals surface area contributed by atoms with E-state index < -0.39 is 0 Å². The first-order valence-electron chi connectivity index (χ1n) is 17.8. The number of para-hydroxylation sites is 6. The Bertz CT molecular complexity index is 2050. The normalized spacial score (nSPS) is 23.7. The van der Waals surface area contributed by atoms with Crippen LogP contribution in [0.15, 0.2) is 150 Å². The van der Waals surface area contributed by atoms with Crippen molar-refractivity contribution >= 4 is 39.8 Å². The molecule has 0 saturated heterocycles. The van der Waals surface area contributed by atoms with E-state index in [1.54, 1.807) is 5.57 Å². The summed E-state index contributed by atoms with van der Waals surface area (Å²) in [5.41, 5.74) is 12.9. The Balaban J connectivity index is 0.000000111. The van der Waals surface area contributed by atoms with Gasteiger partial charge in [-0.2, -0.15) is 74.0 Å². The van der Waals surface area contributed by atoms with E-state index in [0.717, 1.165) is 23.2 Å². The van der Waals surface area contributed by atoms with Crippen molar-refractivity contribution in [2.75, 3.05) is 33.7 Å². The Morgan fingerprint density at radius 1 is 0.673 bits per heavy atom. The summed E-state index contributed by atoms with van der Waals surface area (Å²) >= 11 is 0. The fraction of sp³-hybridized carbons (Fsp3) is 0.196. The summed E-state index contributed by atoms with van der Waals surface area (Å²) in [6, 6.07) is 50.8. The smallest absolute Gasteiger partial charge is 0.0326 e. The monoisotopic (exact) mass is 855 g/mol. The summed E-state index contributed by atoms with van der Waals surface area (Å²) < 4.78 is 0. The first-order valence-corrected chi connectivity index (χ1v) is 17.8. The molecule has 5 aromatic carbocycles. The van der Waals surface area contributed by atoms with Crippen LogP contribution in [0.1, 0.15) is 25.3 Å². The molecule has 4 atom stereocenters. The Morgan fingerprint density at radius 3 is 1.71 bits per heavy atom. The average molecular weight is 855 g/mol. The Kier molecular flexibility index (Phi) is 9.15. The van der Waals surface area contributed by atoms with Gasteiger partial charge in [0.25, 0.3) is 0 Å². The molecule has 0 spiro atoms. The van der Waals surface area contributed by atoms with Crippen LogP contribution in [-0.2, 0) is 20.1 Å². The first kappa shape index (κ1) is 34.2. The standard InChI is InChI=1S/C18H16N.2C14H12N2.Ir/c1-18-13-7-12-8-16(18)17(11-5-3-2-4-6-11)19-10-14(12)15(18)9-13;2*1-15-11-16(12-7-3-2-4-8-12)14-10-6-5-9-13(14)15;/h2-5,8,10,13,15-16H,7,9H2,1H3;2*2-7,9-11H,1H3;/q-1;2*-2;. The van der Waals surface area contributed by atoms with Crippen LogP contribution in [0, 0.1) is 54.7 Å². The average Bonchev–Trinajstić information content (AvgIpc) is 3.61. The van der Waals surface area contributed by atoms with E-state index in [-0.39, 0.29) is 20.1 Å². The van der Waals surface area contributed by atoms with Gasteiger partial charge in [-0.1, -0.05) is 37.3 Å². The molecule has 6 bridgehead atoms. The van der Waals surface area contributed by atoms with Crippen molar-refractivity contribution in [1.29, 1.82) is 0 Å². The molecule has 13 rings (SSSR count). The molecule has 52 heavy (non-hydrogen) atoms. The molecule has 2 saturated carbocycles. The van der Waals surface area contributed by atoms with Gasteiger partial charge in [-0.3, -0.25) is 0 Å². The van der Waals surface area contributed by atoms with Crippen LogP contribution in [-0.4, -0.2) is 19.8 Å². The molecule has 0 aromatic heterocycles. The molecule has 5 nitrogen and oxygen atoms in total. The number of anilines is 6. The predicted molar refractivity (Wildman–Crippen MR) is 209 cm³/mol. The zero-order valence-corrected chi connectivity index (χ0v) is 32.0. The van der Waals surface area contributed by atoms with Gasteiger partial charge in [-0.05, 0) is 91.2 Å². The SMILES string of the molecule is CC12C3CC4=CC1C(c1[c-]cccc1)=NC=C4C2C3.CN1[CH-]N(c2[c-]cccc2)c2ccccc21.CN1[CH-]N(c2[c-]cccc2)c2ccccc21.[Ir]. The summed E-state index contributed by atoms with van der Waals surface area (Å²) in [4.78, 5) is 13.4. The van der Waals surface area contributed by atoms with E-state index in [2.05, 4.69) is 157 Å². The molecule has 4 unspecified atom stereocenters. The second-order valence-electron chi connectivity index (χ2n) is 14.3. The molecule has 6 heteroatoms. The van der Waals surface area contributed by atoms with Crippen molar-refractivity contribution in [3.63, 3.8) is 0 Å². The van der Waals surface area contributed by atoms with Gasteiger partial charge in [0.15, 0.2) is 0 Å². The number of rotatable bonds is 3. The van der Waals surface area contributed by atoms with Crippen LogP contribution >= 0.6 is 0 Å². The summed E-state index contributed by atoms with van der Waals surface area (Å²) in [6.07, 6.45) is 7.34. The maximum Gasteiger partial charge on any atom is 0.0326 e. The van der Waals surface area contributed by atoms with Gasteiger partial charge < -0.3 is 24.6 Å². The van der Waals surface area contributed by atoms with E-state index in [1.165, 1.54) is 52.4 Å². The van der Waals surface area contributed by atoms with Gasteiger partial charge in [0.2, 0.25) is 0 Å². The third-order valence-electron chi connectivity index (χ3n) is 11.5. The molecule has 0 amide bonds. The molecule has 4 aliphatic carbocycles. The topological polar surface area (TPSA) is 25.3 Å². The first-order chi connectivity index (χ1) is 25.0. The number of fused-ring (bicyclic) bond motifs is 3. The van der Waals surface area contributed by atoms with E-state index >= 15 is 0 Å². The number of hydrogen-bond donors (Lipinski definition) is 0. The molecule has 4 heterocycles. The number of benzene rings is 5. The number of hydrogen-bond acceptors (Lipinski definition) is 5. The van der Waals surface area contributed by atoms with Crippen LogP contribution in [0.2, 0.25) is 0 Å². The van der Waals surface area contributed by atoms with Gasteiger partial charge in [0, 0.05) is 49.1 Å². The molecule has 263 valence electrons. The van der Waals surface area contributed by atoms with E-state index in [0.29, 0.717) is 11.3 Å². The molecule has 0 N–H and O–H groups in total.